The van der Waals surface area contributed by atoms with Gasteiger partial charge in [0.1, 0.15) is 0 Å². The van der Waals surface area contributed by atoms with Gasteiger partial charge >= 0.3 is 6.03 Å². The molecule has 4 rings (SSSR count). The SMILES string of the molecule is N#CCC1(O)C(=O)Nc2c(NC(=O)c3ccccc3)cc(NC(=O)NC3CC3)cc21. The van der Waals surface area contributed by atoms with E-state index in [0.717, 1.165) is 12.8 Å². The van der Waals surface area contributed by atoms with Gasteiger partial charge < -0.3 is 26.4 Å². The average Bonchev–Trinajstić information content (AvgIpc) is 3.49. The Labute approximate surface area is 172 Å². The van der Waals surface area contributed by atoms with Gasteiger partial charge in [0.15, 0.2) is 5.60 Å². The van der Waals surface area contributed by atoms with E-state index in [1.807, 2.05) is 0 Å². The van der Waals surface area contributed by atoms with E-state index >= 15 is 0 Å². The number of amides is 4. The standard InChI is InChI=1S/C21H19N5O4/c22-9-8-21(30)15-10-14(24-20(29)23-13-6-7-13)11-16(17(15)26-19(21)28)25-18(27)12-4-2-1-3-5-12/h1-5,10-11,13,30H,6-8H2,(H,25,27)(H,26,28)(H2,23,24,29). The van der Waals surface area contributed by atoms with Crippen LogP contribution in [0.25, 0.3) is 0 Å². The molecule has 1 fully saturated rings. The number of aliphatic hydroxyl groups is 1. The van der Waals surface area contributed by atoms with Gasteiger partial charge in [0.2, 0.25) is 0 Å². The summed E-state index contributed by atoms with van der Waals surface area (Å²) in [4.78, 5) is 37.2. The molecule has 1 aliphatic carbocycles. The molecule has 9 nitrogen and oxygen atoms in total. The van der Waals surface area contributed by atoms with E-state index in [-0.39, 0.29) is 28.7 Å². The Morgan fingerprint density at radius 2 is 1.93 bits per heavy atom. The summed E-state index contributed by atoms with van der Waals surface area (Å²) in [5.41, 5.74) is -0.918. The number of benzene rings is 2. The quantitative estimate of drug-likeness (QED) is 0.518. The number of nitrogens with one attached hydrogen (secondary N) is 4. The summed E-state index contributed by atoms with van der Waals surface area (Å²) in [6, 6.07) is 12.9. The first-order valence-electron chi connectivity index (χ1n) is 9.44. The zero-order valence-electron chi connectivity index (χ0n) is 15.9. The van der Waals surface area contributed by atoms with E-state index in [1.54, 1.807) is 36.4 Å². The normalized spacial score (nSPS) is 19.3. The average molecular weight is 405 g/mol. The molecule has 9 heteroatoms. The zero-order chi connectivity index (χ0) is 21.3. The van der Waals surface area contributed by atoms with Crippen LogP contribution in [0.15, 0.2) is 42.5 Å². The Morgan fingerprint density at radius 1 is 1.20 bits per heavy atom. The Morgan fingerprint density at radius 3 is 2.60 bits per heavy atom. The van der Waals surface area contributed by atoms with E-state index in [0.29, 0.717) is 5.56 Å². The molecule has 30 heavy (non-hydrogen) atoms. The summed E-state index contributed by atoms with van der Waals surface area (Å²) in [6.45, 7) is 0. The van der Waals surface area contributed by atoms with Crippen molar-refractivity contribution in [1.29, 1.82) is 5.26 Å². The third-order valence-electron chi connectivity index (χ3n) is 4.99. The van der Waals surface area contributed by atoms with Crippen LogP contribution < -0.4 is 21.3 Å². The van der Waals surface area contributed by atoms with Crippen LogP contribution in [0.1, 0.15) is 35.2 Å². The van der Waals surface area contributed by atoms with Crippen molar-refractivity contribution in [3.63, 3.8) is 0 Å². The van der Waals surface area contributed by atoms with Gasteiger partial charge in [-0.2, -0.15) is 5.26 Å². The molecule has 4 amide bonds. The Balaban J connectivity index is 1.70. The third kappa shape index (κ3) is 3.68. The molecule has 1 aliphatic heterocycles. The molecular weight excluding hydrogens is 386 g/mol. The molecule has 2 aromatic carbocycles. The van der Waals surface area contributed by atoms with Gasteiger partial charge in [0, 0.05) is 22.9 Å². The first kappa shape index (κ1) is 19.4. The molecular formula is C21H19N5O4. The highest BCUT2D eigenvalue weighted by atomic mass is 16.3. The molecule has 152 valence electrons. The molecule has 0 saturated heterocycles. The van der Waals surface area contributed by atoms with Crippen LogP contribution in [0.2, 0.25) is 0 Å². The topological polar surface area (TPSA) is 143 Å². The van der Waals surface area contributed by atoms with Gasteiger partial charge in [-0.3, -0.25) is 9.59 Å². The summed E-state index contributed by atoms with van der Waals surface area (Å²) in [6.07, 6.45) is 1.35. The molecule has 1 saturated carbocycles. The van der Waals surface area contributed by atoms with Gasteiger partial charge in [0.25, 0.3) is 11.8 Å². The molecule has 2 aromatic rings. The number of hydrogen-bond donors (Lipinski definition) is 5. The lowest BCUT2D eigenvalue weighted by atomic mass is 9.91. The lowest BCUT2D eigenvalue weighted by Crippen LogP contribution is -2.34. The van der Waals surface area contributed by atoms with E-state index in [9.17, 15) is 19.5 Å². The minimum atomic E-state index is -2.08. The van der Waals surface area contributed by atoms with Crippen molar-refractivity contribution in [2.24, 2.45) is 0 Å². The highest BCUT2D eigenvalue weighted by Gasteiger charge is 2.46. The number of nitrogens with zero attached hydrogens (tertiary/aromatic N) is 1. The molecule has 0 spiro atoms. The van der Waals surface area contributed by atoms with Crippen LogP contribution >= 0.6 is 0 Å². The molecule has 1 unspecified atom stereocenters. The van der Waals surface area contributed by atoms with Crippen LogP contribution in [-0.2, 0) is 10.4 Å². The van der Waals surface area contributed by atoms with Gasteiger partial charge in [-0.15, -0.1) is 0 Å². The van der Waals surface area contributed by atoms with Crippen molar-refractivity contribution < 1.29 is 19.5 Å². The molecule has 0 radical (unpaired) electrons. The highest BCUT2D eigenvalue weighted by Crippen LogP contribution is 2.44. The number of anilines is 3. The minimum Gasteiger partial charge on any atom is -0.374 e. The molecule has 5 N–H and O–H groups in total. The number of rotatable bonds is 5. The predicted molar refractivity (Wildman–Crippen MR) is 109 cm³/mol. The van der Waals surface area contributed by atoms with Gasteiger partial charge in [-0.1, -0.05) is 18.2 Å². The third-order valence-corrected chi connectivity index (χ3v) is 4.99. The lowest BCUT2D eigenvalue weighted by molar-refractivity contribution is -0.133. The number of carbonyl (C=O) groups is 3. The fraction of sp³-hybridized carbons (Fsp3) is 0.238. The van der Waals surface area contributed by atoms with Crippen LogP contribution in [0, 0.1) is 11.3 Å². The number of nitriles is 1. The van der Waals surface area contributed by atoms with E-state index in [1.165, 1.54) is 12.1 Å². The number of fused-ring (bicyclic) bond motifs is 1. The molecule has 2 aliphatic rings. The fourth-order valence-electron chi connectivity index (χ4n) is 3.27. The summed E-state index contributed by atoms with van der Waals surface area (Å²) in [5, 5.41) is 30.6. The van der Waals surface area contributed by atoms with Crippen LogP contribution in [0.3, 0.4) is 0 Å². The zero-order valence-corrected chi connectivity index (χ0v) is 15.9. The van der Waals surface area contributed by atoms with Gasteiger partial charge in [-0.25, -0.2) is 4.79 Å². The summed E-state index contributed by atoms with van der Waals surface area (Å²) < 4.78 is 0. The largest absolute Gasteiger partial charge is 0.374 e. The summed E-state index contributed by atoms with van der Waals surface area (Å²) in [7, 11) is 0. The Bertz CT molecular complexity index is 1070. The summed E-state index contributed by atoms with van der Waals surface area (Å²) >= 11 is 0. The van der Waals surface area contributed by atoms with Crippen molar-refractivity contribution in [3.8, 4) is 6.07 Å². The second kappa shape index (κ2) is 7.50. The number of carbonyl (C=O) groups excluding carboxylic acids is 3. The van der Waals surface area contributed by atoms with Crippen molar-refractivity contribution in [3.05, 3.63) is 53.6 Å². The second-order valence-electron chi connectivity index (χ2n) is 7.29. The van der Waals surface area contributed by atoms with Crippen molar-refractivity contribution in [2.45, 2.75) is 30.9 Å². The van der Waals surface area contributed by atoms with Crippen molar-refractivity contribution >= 4 is 34.9 Å². The molecule has 1 heterocycles. The van der Waals surface area contributed by atoms with Gasteiger partial charge in [0.05, 0.1) is 23.9 Å². The number of urea groups is 1. The highest BCUT2D eigenvalue weighted by molar-refractivity contribution is 6.13. The maximum atomic E-state index is 12.6. The Hall–Kier alpha value is -3.90. The van der Waals surface area contributed by atoms with Gasteiger partial charge in [-0.05, 0) is 37.1 Å². The monoisotopic (exact) mass is 405 g/mol. The number of hydrogen-bond acceptors (Lipinski definition) is 5. The van der Waals surface area contributed by atoms with E-state index in [2.05, 4.69) is 21.3 Å². The maximum Gasteiger partial charge on any atom is 0.319 e. The van der Waals surface area contributed by atoms with Crippen molar-refractivity contribution in [1.82, 2.24) is 5.32 Å². The summed E-state index contributed by atoms with van der Waals surface area (Å²) in [5.74, 6) is -1.20. The van der Waals surface area contributed by atoms with Crippen LogP contribution in [-0.4, -0.2) is 29.0 Å². The van der Waals surface area contributed by atoms with Crippen LogP contribution in [0.5, 0.6) is 0 Å². The second-order valence-corrected chi connectivity index (χ2v) is 7.29. The minimum absolute atomic E-state index is 0.113. The maximum absolute atomic E-state index is 12.6. The predicted octanol–water partition coefficient (Wildman–Crippen LogP) is 2.28. The van der Waals surface area contributed by atoms with E-state index in [4.69, 9.17) is 5.26 Å². The first-order chi connectivity index (χ1) is 14.4. The van der Waals surface area contributed by atoms with Crippen molar-refractivity contribution in [2.75, 3.05) is 16.0 Å². The first-order valence-corrected chi connectivity index (χ1v) is 9.44. The lowest BCUT2D eigenvalue weighted by Gasteiger charge is -2.19. The molecule has 1 atom stereocenters. The van der Waals surface area contributed by atoms with E-state index < -0.39 is 29.9 Å². The fourth-order valence-corrected chi connectivity index (χ4v) is 3.27. The smallest absolute Gasteiger partial charge is 0.319 e. The Kier molecular flexibility index (Phi) is 4.85. The molecule has 0 aromatic heterocycles. The van der Waals surface area contributed by atoms with Crippen LogP contribution in [0.4, 0.5) is 21.9 Å². The molecule has 0 bridgehead atoms.